The lowest BCUT2D eigenvalue weighted by Gasteiger charge is -2.25. The Labute approximate surface area is 140 Å². The Balaban J connectivity index is 1.76. The SMILES string of the molecule is Cc1ccc(NC(=O)N2CCC[C@H]2c2ccc(F)cc2)c(Cl)c1. The van der Waals surface area contributed by atoms with Gasteiger partial charge >= 0.3 is 6.03 Å². The number of amides is 2. The van der Waals surface area contributed by atoms with E-state index < -0.39 is 0 Å². The Morgan fingerprint density at radius 1 is 1.26 bits per heavy atom. The Kier molecular flexibility index (Phi) is 4.53. The average molecular weight is 333 g/mol. The maximum absolute atomic E-state index is 13.1. The van der Waals surface area contributed by atoms with Crippen LogP contribution in [0, 0.1) is 12.7 Å². The summed E-state index contributed by atoms with van der Waals surface area (Å²) in [5.74, 6) is -0.269. The summed E-state index contributed by atoms with van der Waals surface area (Å²) in [7, 11) is 0. The maximum atomic E-state index is 13.1. The summed E-state index contributed by atoms with van der Waals surface area (Å²) >= 11 is 6.18. The molecule has 1 aliphatic heterocycles. The fraction of sp³-hybridized carbons (Fsp3) is 0.278. The highest BCUT2D eigenvalue weighted by Gasteiger charge is 2.30. The van der Waals surface area contributed by atoms with Crippen molar-refractivity contribution >= 4 is 23.3 Å². The van der Waals surface area contributed by atoms with E-state index in [-0.39, 0.29) is 17.9 Å². The van der Waals surface area contributed by atoms with Crippen LogP contribution in [0.2, 0.25) is 5.02 Å². The molecule has 3 nitrogen and oxygen atoms in total. The van der Waals surface area contributed by atoms with E-state index in [1.165, 1.54) is 12.1 Å². The van der Waals surface area contributed by atoms with Gasteiger partial charge in [-0.25, -0.2) is 9.18 Å². The molecule has 2 aromatic rings. The van der Waals surface area contributed by atoms with Crippen LogP contribution in [0.1, 0.15) is 30.0 Å². The third-order valence-electron chi connectivity index (χ3n) is 4.13. The van der Waals surface area contributed by atoms with Crippen LogP contribution in [0.3, 0.4) is 0 Å². The van der Waals surface area contributed by atoms with Crippen molar-refractivity contribution in [3.8, 4) is 0 Å². The molecule has 0 spiro atoms. The van der Waals surface area contributed by atoms with E-state index in [2.05, 4.69) is 5.32 Å². The third kappa shape index (κ3) is 3.48. The molecule has 1 saturated heterocycles. The van der Waals surface area contributed by atoms with Gasteiger partial charge in [0.2, 0.25) is 0 Å². The van der Waals surface area contributed by atoms with Crippen molar-refractivity contribution in [2.75, 3.05) is 11.9 Å². The summed E-state index contributed by atoms with van der Waals surface area (Å²) in [6.45, 7) is 2.62. The van der Waals surface area contributed by atoms with Gasteiger partial charge in [0.1, 0.15) is 5.82 Å². The molecule has 0 saturated carbocycles. The molecule has 120 valence electrons. The first-order chi connectivity index (χ1) is 11.0. The monoisotopic (exact) mass is 332 g/mol. The first-order valence-electron chi connectivity index (χ1n) is 7.64. The van der Waals surface area contributed by atoms with Gasteiger partial charge in [0.05, 0.1) is 16.8 Å². The number of carbonyl (C=O) groups is 1. The predicted molar refractivity (Wildman–Crippen MR) is 90.3 cm³/mol. The molecule has 0 unspecified atom stereocenters. The number of hydrogen-bond donors (Lipinski definition) is 1. The second kappa shape index (κ2) is 6.59. The molecule has 3 rings (SSSR count). The number of likely N-dealkylation sites (tertiary alicyclic amines) is 1. The van der Waals surface area contributed by atoms with Gasteiger partial charge in [0.25, 0.3) is 0 Å². The zero-order valence-corrected chi connectivity index (χ0v) is 13.6. The predicted octanol–water partition coefficient (Wildman–Crippen LogP) is 5.16. The lowest BCUT2D eigenvalue weighted by molar-refractivity contribution is 0.207. The van der Waals surface area contributed by atoms with Gasteiger partial charge in [-0.05, 0) is 55.2 Å². The van der Waals surface area contributed by atoms with Crippen LogP contribution in [-0.2, 0) is 0 Å². The number of aryl methyl sites for hydroxylation is 1. The lowest BCUT2D eigenvalue weighted by Crippen LogP contribution is -2.34. The zero-order chi connectivity index (χ0) is 16.4. The van der Waals surface area contributed by atoms with E-state index in [1.807, 2.05) is 19.1 Å². The number of nitrogens with zero attached hydrogens (tertiary/aromatic N) is 1. The summed E-state index contributed by atoms with van der Waals surface area (Å²) in [4.78, 5) is 14.4. The van der Waals surface area contributed by atoms with Gasteiger partial charge in [-0.1, -0.05) is 29.8 Å². The van der Waals surface area contributed by atoms with Crippen molar-refractivity contribution in [3.05, 3.63) is 64.4 Å². The number of nitrogens with one attached hydrogen (secondary N) is 1. The largest absolute Gasteiger partial charge is 0.322 e. The van der Waals surface area contributed by atoms with Crippen LogP contribution < -0.4 is 5.32 Å². The molecule has 1 heterocycles. The highest BCUT2D eigenvalue weighted by atomic mass is 35.5. The highest BCUT2D eigenvalue weighted by Crippen LogP contribution is 2.33. The molecule has 23 heavy (non-hydrogen) atoms. The standard InChI is InChI=1S/C18H18ClFN2O/c1-12-4-9-16(15(19)11-12)21-18(23)22-10-2-3-17(22)13-5-7-14(20)8-6-13/h4-9,11,17H,2-3,10H2,1H3,(H,21,23)/t17-/m0/s1. The molecule has 0 aliphatic carbocycles. The molecule has 0 aromatic heterocycles. The van der Waals surface area contributed by atoms with Crippen molar-refractivity contribution in [1.82, 2.24) is 4.90 Å². The van der Waals surface area contributed by atoms with E-state index in [9.17, 15) is 9.18 Å². The van der Waals surface area contributed by atoms with Crippen molar-refractivity contribution in [2.45, 2.75) is 25.8 Å². The first-order valence-corrected chi connectivity index (χ1v) is 8.01. The molecular weight excluding hydrogens is 315 g/mol. The number of carbonyl (C=O) groups excluding carboxylic acids is 1. The highest BCUT2D eigenvalue weighted by molar-refractivity contribution is 6.33. The zero-order valence-electron chi connectivity index (χ0n) is 12.9. The quantitative estimate of drug-likeness (QED) is 0.809. The van der Waals surface area contributed by atoms with E-state index in [0.717, 1.165) is 24.0 Å². The Morgan fingerprint density at radius 3 is 2.70 bits per heavy atom. The molecule has 1 fully saturated rings. The Morgan fingerprint density at radius 2 is 2.00 bits per heavy atom. The maximum Gasteiger partial charge on any atom is 0.322 e. The summed E-state index contributed by atoms with van der Waals surface area (Å²) in [5, 5.41) is 3.40. The molecule has 0 radical (unpaired) electrons. The first kappa shape index (κ1) is 15.8. The second-order valence-electron chi connectivity index (χ2n) is 5.82. The normalized spacial score (nSPS) is 17.3. The van der Waals surface area contributed by atoms with Crippen molar-refractivity contribution < 1.29 is 9.18 Å². The van der Waals surface area contributed by atoms with Crippen LogP contribution in [0.5, 0.6) is 0 Å². The number of anilines is 1. The smallest absolute Gasteiger partial charge is 0.317 e. The van der Waals surface area contributed by atoms with Crippen LogP contribution in [-0.4, -0.2) is 17.5 Å². The van der Waals surface area contributed by atoms with Gasteiger partial charge in [-0.3, -0.25) is 0 Å². The number of urea groups is 1. The summed E-state index contributed by atoms with van der Waals surface area (Å²) in [6.07, 6.45) is 1.80. The van der Waals surface area contributed by atoms with Crippen LogP contribution in [0.15, 0.2) is 42.5 Å². The van der Waals surface area contributed by atoms with Gasteiger partial charge < -0.3 is 10.2 Å². The summed E-state index contributed by atoms with van der Waals surface area (Å²) in [6, 6.07) is 11.7. The number of halogens is 2. The second-order valence-corrected chi connectivity index (χ2v) is 6.22. The van der Waals surface area contributed by atoms with Crippen LogP contribution in [0.4, 0.5) is 14.9 Å². The van der Waals surface area contributed by atoms with Crippen LogP contribution in [0.25, 0.3) is 0 Å². The minimum Gasteiger partial charge on any atom is -0.317 e. The number of rotatable bonds is 2. The average Bonchev–Trinajstić information content (AvgIpc) is 3.00. The molecule has 0 bridgehead atoms. The summed E-state index contributed by atoms with van der Waals surface area (Å²) in [5.41, 5.74) is 2.60. The fourth-order valence-electron chi connectivity index (χ4n) is 2.95. The Bertz CT molecular complexity index is 717. The molecule has 2 aromatic carbocycles. The fourth-order valence-corrected chi connectivity index (χ4v) is 3.23. The van der Waals surface area contributed by atoms with Crippen molar-refractivity contribution in [2.24, 2.45) is 0 Å². The lowest BCUT2D eigenvalue weighted by atomic mass is 10.0. The van der Waals surface area contributed by atoms with E-state index in [1.54, 1.807) is 23.1 Å². The third-order valence-corrected chi connectivity index (χ3v) is 4.45. The molecule has 2 amide bonds. The van der Waals surface area contributed by atoms with Crippen LogP contribution >= 0.6 is 11.6 Å². The number of benzene rings is 2. The van der Waals surface area contributed by atoms with Gasteiger partial charge in [-0.2, -0.15) is 0 Å². The summed E-state index contributed by atoms with van der Waals surface area (Å²) < 4.78 is 13.1. The molecule has 1 aliphatic rings. The van der Waals surface area contributed by atoms with Crippen molar-refractivity contribution in [1.29, 1.82) is 0 Å². The number of hydrogen-bond acceptors (Lipinski definition) is 1. The van der Waals surface area contributed by atoms with Crippen molar-refractivity contribution in [3.63, 3.8) is 0 Å². The minimum atomic E-state index is -0.269. The van der Waals surface area contributed by atoms with E-state index in [0.29, 0.717) is 17.3 Å². The van der Waals surface area contributed by atoms with Gasteiger partial charge in [0, 0.05) is 6.54 Å². The van der Waals surface area contributed by atoms with E-state index in [4.69, 9.17) is 11.6 Å². The van der Waals surface area contributed by atoms with E-state index >= 15 is 0 Å². The van der Waals surface area contributed by atoms with Gasteiger partial charge in [-0.15, -0.1) is 0 Å². The van der Waals surface area contributed by atoms with Gasteiger partial charge in [0.15, 0.2) is 0 Å². The molecule has 1 N–H and O–H groups in total. The molecule has 1 atom stereocenters. The Hall–Kier alpha value is -2.07. The molecular formula is C18H18ClFN2O. The molecule has 5 heteroatoms. The minimum absolute atomic E-state index is 0.0279. The topological polar surface area (TPSA) is 32.3 Å².